The highest BCUT2D eigenvalue weighted by Gasteiger charge is 2.08. The van der Waals surface area contributed by atoms with E-state index in [1.165, 1.54) is 6.07 Å². The molecule has 0 saturated heterocycles. The van der Waals surface area contributed by atoms with Crippen LogP contribution in [0, 0.1) is 22.5 Å². The Labute approximate surface area is 102 Å². The molecule has 0 aliphatic carbocycles. The van der Waals surface area contributed by atoms with Gasteiger partial charge in [-0.05, 0) is 11.6 Å². The van der Waals surface area contributed by atoms with Crippen molar-refractivity contribution in [3.8, 4) is 12.3 Å². The summed E-state index contributed by atoms with van der Waals surface area (Å²) >= 11 is 3.24. The molecule has 0 heterocycles. The van der Waals surface area contributed by atoms with Crippen molar-refractivity contribution >= 4 is 21.6 Å². The Bertz CT molecular complexity index is 426. The molecule has 0 saturated carbocycles. The van der Waals surface area contributed by atoms with Crippen LogP contribution >= 0.6 is 15.9 Å². The fourth-order valence-corrected chi connectivity index (χ4v) is 1.76. The minimum Gasteiger partial charge on any atom is -0.312 e. The quantitative estimate of drug-likeness (QED) is 0.391. The molecule has 16 heavy (non-hydrogen) atoms. The van der Waals surface area contributed by atoms with Gasteiger partial charge in [-0.1, -0.05) is 15.9 Å². The molecule has 1 aromatic rings. The van der Waals surface area contributed by atoms with Crippen LogP contribution in [0.15, 0.2) is 22.7 Å². The summed E-state index contributed by atoms with van der Waals surface area (Å²) in [5.74, 6) is 2.51. The highest BCUT2D eigenvalue weighted by molar-refractivity contribution is 9.10. The van der Waals surface area contributed by atoms with Crippen molar-refractivity contribution in [3.63, 3.8) is 0 Å². The van der Waals surface area contributed by atoms with Gasteiger partial charge in [0.05, 0.1) is 4.92 Å². The van der Waals surface area contributed by atoms with Gasteiger partial charge < -0.3 is 5.32 Å². The fraction of sp³-hybridized carbons (Fsp3) is 0.273. The van der Waals surface area contributed by atoms with Crippen LogP contribution in [0.1, 0.15) is 12.0 Å². The molecule has 0 aliphatic heterocycles. The summed E-state index contributed by atoms with van der Waals surface area (Å²) < 4.78 is 0.704. The number of nitrogens with one attached hydrogen (secondary N) is 1. The summed E-state index contributed by atoms with van der Waals surface area (Å²) in [4.78, 5) is 10.2. The molecule has 0 amide bonds. The maximum atomic E-state index is 10.6. The average Bonchev–Trinajstić information content (AvgIpc) is 2.23. The van der Waals surface area contributed by atoms with E-state index in [0.717, 1.165) is 5.56 Å². The van der Waals surface area contributed by atoms with Crippen LogP contribution in [-0.4, -0.2) is 11.5 Å². The monoisotopic (exact) mass is 282 g/mol. The summed E-state index contributed by atoms with van der Waals surface area (Å²) in [6.07, 6.45) is 5.76. The van der Waals surface area contributed by atoms with Gasteiger partial charge in [0.2, 0.25) is 0 Å². The van der Waals surface area contributed by atoms with Crippen LogP contribution in [0.4, 0.5) is 5.69 Å². The van der Waals surface area contributed by atoms with E-state index in [4.69, 9.17) is 6.42 Å². The largest absolute Gasteiger partial charge is 0.312 e. The van der Waals surface area contributed by atoms with Crippen LogP contribution in [0.25, 0.3) is 0 Å². The zero-order valence-corrected chi connectivity index (χ0v) is 10.2. The van der Waals surface area contributed by atoms with Gasteiger partial charge in [0.1, 0.15) is 0 Å². The Morgan fingerprint density at radius 3 is 2.88 bits per heavy atom. The van der Waals surface area contributed by atoms with Crippen molar-refractivity contribution < 1.29 is 4.92 Å². The second-order valence-corrected chi connectivity index (χ2v) is 4.12. The predicted octanol–water partition coefficient (Wildman–Crippen LogP) is 2.47. The maximum absolute atomic E-state index is 10.6. The van der Waals surface area contributed by atoms with Gasteiger partial charge in [0, 0.05) is 36.1 Å². The third-order valence-electron chi connectivity index (χ3n) is 1.93. The van der Waals surface area contributed by atoms with Crippen LogP contribution in [0.5, 0.6) is 0 Å². The maximum Gasteiger partial charge on any atom is 0.270 e. The molecule has 84 valence electrons. The van der Waals surface area contributed by atoms with Gasteiger partial charge >= 0.3 is 0 Å². The summed E-state index contributed by atoms with van der Waals surface area (Å²) in [6.45, 7) is 1.28. The first-order valence-electron chi connectivity index (χ1n) is 4.71. The Hall–Kier alpha value is -1.38. The molecule has 0 unspecified atom stereocenters. The van der Waals surface area contributed by atoms with Crippen LogP contribution in [0.3, 0.4) is 0 Å². The lowest BCUT2D eigenvalue weighted by atomic mass is 10.2. The second-order valence-electron chi connectivity index (χ2n) is 3.21. The van der Waals surface area contributed by atoms with Crippen molar-refractivity contribution in [2.24, 2.45) is 0 Å². The number of nitrogens with zero attached hydrogens (tertiary/aromatic N) is 1. The van der Waals surface area contributed by atoms with E-state index in [1.54, 1.807) is 6.07 Å². The first-order chi connectivity index (χ1) is 7.63. The molecular formula is C11H11BrN2O2. The topological polar surface area (TPSA) is 55.2 Å². The normalized spacial score (nSPS) is 9.75. The van der Waals surface area contributed by atoms with E-state index < -0.39 is 4.92 Å². The summed E-state index contributed by atoms with van der Waals surface area (Å²) in [5.41, 5.74) is 0.946. The number of non-ortho nitro benzene ring substituents is 1. The molecule has 4 nitrogen and oxygen atoms in total. The summed E-state index contributed by atoms with van der Waals surface area (Å²) in [5, 5.41) is 13.7. The Balaban J connectivity index is 2.66. The molecule has 0 atom stereocenters. The molecule has 1 rings (SSSR count). The lowest BCUT2D eigenvalue weighted by Gasteiger charge is -2.03. The van der Waals surface area contributed by atoms with Crippen molar-refractivity contribution in [2.45, 2.75) is 13.0 Å². The number of benzene rings is 1. The van der Waals surface area contributed by atoms with E-state index in [2.05, 4.69) is 27.2 Å². The van der Waals surface area contributed by atoms with Crippen molar-refractivity contribution in [3.05, 3.63) is 38.3 Å². The minimum atomic E-state index is -0.407. The molecule has 0 bridgehead atoms. The highest BCUT2D eigenvalue weighted by Crippen LogP contribution is 2.21. The smallest absolute Gasteiger partial charge is 0.270 e. The number of hydrogen-bond acceptors (Lipinski definition) is 3. The first kappa shape index (κ1) is 12.7. The fourth-order valence-electron chi connectivity index (χ4n) is 1.23. The first-order valence-corrected chi connectivity index (χ1v) is 5.51. The zero-order valence-electron chi connectivity index (χ0n) is 8.57. The van der Waals surface area contributed by atoms with E-state index in [-0.39, 0.29) is 5.69 Å². The molecule has 0 aliphatic rings. The van der Waals surface area contributed by atoms with Gasteiger partial charge in [-0.2, -0.15) is 0 Å². The molecule has 1 aromatic carbocycles. The number of terminal acetylenes is 1. The summed E-state index contributed by atoms with van der Waals surface area (Å²) in [7, 11) is 0. The van der Waals surface area contributed by atoms with Crippen molar-refractivity contribution in [1.29, 1.82) is 0 Å². The number of hydrogen-bond donors (Lipinski definition) is 1. The van der Waals surface area contributed by atoms with E-state index in [0.29, 0.717) is 24.0 Å². The van der Waals surface area contributed by atoms with E-state index in [1.807, 2.05) is 6.07 Å². The predicted molar refractivity (Wildman–Crippen MR) is 66.0 cm³/mol. The van der Waals surface area contributed by atoms with Crippen molar-refractivity contribution in [2.75, 3.05) is 6.54 Å². The highest BCUT2D eigenvalue weighted by atomic mass is 79.9. The van der Waals surface area contributed by atoms with Gasteiger partial charge in [0.25, 0.3) is 5.69 Å². The molecule has 0 aromatic heterocycles. The van der Waals surface area contributed by atoms with Gasteiger partial charge in [0.15, 0.2) is 0 Å². The molecule has 0 spiro atoms. The average molecular weight is 283 g/mol. The lowest BCUT2D eigenvalue weighted by Crippen LogP contribution is -2.14. The second kappa shape index (κ2) is 6.26. The Kier molecular flexibility index (Phi) is 4.96. The van der Waals surface area contributed by atoms with Crippen LogP contribution in [0.2, 0.25) is 0 Å². The number of nitro groups is 1. The number of halogens is 1. The number of nitro benzene ring substituents is 1. The third-order valence-corrected chi connectivity index (χ3v) is 2.39. The van der Waals surface area contributed by atoms with Gasteiger partial charge in [-0.15, -0.1) is 12.3 Å². The lowest BCUT2D eigenvalue weighted by molar-refractivity contribution is -0.385. The van der Waals surface area contributed by atoms with Crippen LogP contribution in [-0.2, 0) is 6.54 Å². The molecule has 0 fully saturated rings. The van der Waals surface area contributed by atoms with Gasteiger partial charge in [-0.25, -0.2) is 0 Å². The molecule has 1 N–H and O–H groups in total. The summed E-state index contributed by atoms with van der Waals surface area (Å²) in [6, 6.07) is 4.87. The molecule has 5 heteroatoms. The standard InChI is InChI=1S/C11H11BrN2O2/c1-2-3-4-13-8-9-5-10(12)7-11(6-9)14(15)16/h1,5-7,13H,3-4,8H2. The molecular weight excluding hydrogens is 272 g/mol. The minimum absolute atomic E-state index is 0.0862. The van der Waals surface area contributed by atoms with Gasteiger partial charge in [-0.3, -0.25) is 10.1 Å². The van der Waals surface area contributed by atoms with Crippen molar-refractivity contribution in [1.82, 2.24) is 5.32 Å². The van der Waals surface area contributed by atoms with Crippen LogP contribution < -0.4 is 5.32 Å². The SMILES string of the molecule is C#CCCNCc1cc(Br)cc([N+](=O)[O-])c1. The Morgan fingerprint density at radius 2 is 2.25 bits per heavy atom. The van der Waals surface area contributed by atoms with E-state index in [9.17, 15) is 10.1 Å². The number of rotatable bonds is 5. The Morgan fingerprint density at radius 1 is 1.50 bits per heavy atom. The zero-order chi connectivity index (χ0) is 12.0. The molecule has 0 radical (unpaired) electrons. The van der Waals surface area contributed by atoms with E-state index >= 15 is 0 Å². The third kappa shape index (κ3) is 4.01.